The van der Waals surface area contributed by atoms with E-state index in [4.69, 9.17) is 4.74 Å². The van der Waals surface area contributed by atoms with Crippen molar-refractivity contribution in [3.63, 3.8) is 0 Å². The number of likely N-dealkylation sites (N-methyl/N-ethyl adjacent to an activating group) is 1. The van der Waals surface area contributed by atoms with Crippen LogP contribution in [0.25, 0.3) is 0 Å². The second-order valence-electron chi connectivity index (χ2n) is 7.75. The van der Waals surface area contributed by atoms with Gasteiger partial charge in [-0.25, -0.2) is 0 Å². The minimum Gasteiger partial charge on any atom is -0.496 e. The lowest BCUT2D eigenvalue weighted by molar-refractivity contribution is -0.0286. The molecule has 0 aromatic heterocycles. The number of ether oxygens (including phenoxy) is 1. The molecule has 3 rings (SSSR count). The quantitative estimate of drug-likeness (QED) is 0.894. The lowest BCUT2D eigenvalue weighted by Crippen LogP contribution is -2.58. The van der Waals surface area contributed by atoms with Gasteiger partial charge in [-0.3, -0.25) is 9.80 Å². The summed E-state index contributed by atoms with van der Waals surface area (Å²) in [6.45, 7) is 11.3. The van der Waals surface area contributed by atoms with E-state index >= 15 is 0 Å². The van der Waals surface area contributed by atoms with E-state index in [-0.39, 0.29) is 6.10 Å². The number of aliphatic hydroxyl groups excluding tert-OH is 1. The van der Waals surface area contributed by atoms with E-state index < -0.39 is 0 Å². The van der Waals surface area contributed by atoms with Crippen LogP contribution in [0.4, 0.5) is 0 Å². The van der Waals surface area contributed by atoms with Crippen LogP contribution in [0.1, 0.15) is 23.1 Å². The summed E-state index contributed by atoms with van der Waals surface area (Å²) in [5, 5.41) is 10.7. The van der Waals surface area contributed by atoms with Gasteiger partial charge in [-0.1, -0.05) is 6.07 Å². The Kier molecular flexibility index (Phi) is 6.00. The highest BCUT2D eigenvalue weighted by Gasteiger charge is 2.33. The van der Waals surface area contributed by atoms with Crippen LogP contribution in [0.2, 0.25) is 0 Å². The standard InChI is InChI=1S/C20H33N3O2/c1-15-12-20(25-4)16(2)11-17(15)13-22-6-5-18(19(24)14-22)23-9-7-21(3)8-10-23/h11-12,18-19,24H,5-10,13-14H2,1-4H3/t18-,19-/m1/s1. The molecule has 2 fully saturated rings. The number of aliphatic hydroxyl groups is 1. The molecule has 1 N–H and O–H groups in total. The van der Waals surface area contributed by atoms with E-state index in [0.29, 0.717) is 6.04 Å². The van der Waals surface area contributed by atoms with Crippen LogP contribution >= 0.6 is 0 Å². The van der Waals surface area contributed by atoms with Gasteiger partial charge in [0.05, 0.1) is 13.2 Å². The largest absolute Gasteiger partial charge is 0.496 e. The topological polar surface area (TPSA) is 39.2 Å². The molecule has 0 spiro atoms. The Labute approximate surface area is 152 Å². The summed E-state index contributed by atoms with van der Waals surface area (Å²) in [4.78, 5) is 7.25. The number of methoxy groups -OCH3 is 1. The second kappa shape index (κ2) is 8.04. The Balaban J connectivity index is 1.59. The van der Waals surface area contributed by atoms with Gasteiger partial charge in [-0.2, -0.15) is 0 Å². The third-order valence-electron chi connectivity index (χ3n) is 5.88. The van der Waals surface area contributed by atoms with E-state index in [1.165, 1.54) is 16.7 Å². The lowest BCUT2D eigenvalue weighted by Gasteiger charge is -2.44. The van der Waals surface area contributed by atoms with Crippen molar-refractivity contribution in [3.8, 4) is 5.75 Å². The van der Waals surface area contributed by atoms with Gasteiger partial charge in [0.25, 0.3) is 0 Å². The molecule has 0 bridgehead atoms. The predicted molar refractivity (Wildman–Crippen MR) is 101 cm³/mol. The van der Waals surface area contributed by atoms with Gasteiger partial charge in [-0.15, -0.1) is 0 Å². The minimum atomic E-state index is -0.253. The molecule has 2 atom stereocenters. The normalized spacial score (nSPS) is 26.8. The zero-order valence-corrected chi connectivity index (χ0v) is 16.2. The number of piperidine rings is 1. The number of nitrogens with zero attached hydrogens (tertiary/aromatic N) is 3. The number of aryl methyl sites for hydroxylation is 2. The summed E-state index contributed by atoms with van der Waals surface area (Å²) >= 11 is 0. The number of piperazine rings is 1. The van der Waals surface area contributed by atoms with Gasteiger partial charge in [0.2, 0.25) is 0 Å². The maximum absolute atomic E-state index is 10.7. The van der Waals surface area contributed by atoms with E-state index in [2.05, 4.69) is 47.7 Å². The molecule has 0 amide bonds. The molecule has 0 saturated carbocycles. The molecule has 2 aliphatic rings. The number of β-amino-alcohol motifs (C(OH)–C–C–N with tert-alkyl or cyclic N) is 1. The Hall–Kier alpha value is -1.14. The minimum absolute atomic E-state index is 0.253. The fraction of sp³-hybridized carbons (Fsp3) is 0.700. The average Bonchev–Trinajstić information content (AvgIpc) is 2.59. The number of likely N-dealkylation sites (tertiary alicyclic amines) is 1. The summed E-state index contributed by atoms with van der Waals surface area (Å²) in [7, 11) is 3.90. The van der Waals surface area contributed by atoms with E-state index in [9.17, 15) is 5.11 Å². The molecule has 2 saturated heterocycles. The first-order valence-corrected chi connectivity index (χ1v) is 9.45. The first kappa shape index (κ1) is 18.6. The fourth-order valence-corrected chi connectivity index (χ4v) is 4.19. The zero-order valence-electron chi connectivity index (χ0n) is 16.2. The highest BCUT2D eigenvalue weighted by Crippen LogP contribution is 2.25. The van der Waals surface area contributed by atoms with Crippen LogP contribution in [0.3, 0.4) is 0 Å². The fourth-order valence-electron chi connectivity index (χ4n) is 4.19. The van der Waals surface area contributed by atoms with Crippen LogP contribution in [-0.2, 0) is 6.54 Å². The Morgan fingerprint density at radius 2 is 1.80 bits per heavy atom. The maximum Gasteiger partial charge on any atom is 0.122 e. The number of rotatable bonds is 4. The van der Waals surface area contributed by atoms with Gasteiger partial charge >= 0.3 is 0 Å². The highest BCUT2D eigenvalue weighted by atomic mass is 16.5. The Bertz CT molecular complexity index is 585. The summed E-state index contributed by atoms with van der Waals surface area (Å²) in [5.41, 5.74) is 3.78. The molecule has 0 aliphatic carbocycles. The second-order valence-corrected chi connectivity index (χ2v) is 7.75. The molecule has 2 heterocycles. The van der Waals surface area contributed by atoms with Crippen LogP contribution in [-0.4, -0.2) is 85.4 Å². The van der Waals surface area contributed by atoms with Gasteiger partial charge in [0.15, 0.2) is 0 Å². The van der Waals surface area contributed by atoms with Crippen LogP contribution in [0, 0.1) is 13.8 Å². The predicted octanol–water partition coefficient (Wildman–Crippen LogP) is 1.49. The van der Waals surface area contributed by atoms with Gasteiger partial charge in [-0.05, 0) is 50.1 Å². The number of hydrogen-bond acceptors (Lipinski definition) is 5. The van der Waals surface area contributed by atoms with Gasteiger partial charge < -0.3 is 14.7 Å². The molecule has 25 heavy (non-hydrogen) atoms. The van der Waals surface area contributed by atoms with Crippen molar-refractivity contribution < 1.29 is 9.84 Å². The zero-order chi connectivity index (χ0) is 18.0. The molecule has 5 heteroatoms. The molecular weight excluding hydrogens is 314 g/mol. The van der Waals surface area contributed by atoms with Gasteiger partial charge in [0.1, 0.15) is 5.75 Å². The van der Waals surface area contributed by atoms with Crippen molar-refractivity contribution in [1.29, 1.82) is 0 Å². The van der Waals surface area contributed by atoms with Crippen molar-refractivity contribution in [1.82, 2.24) is 14.7 Å². The smallest absolute Gasteiger partial charge is 0.122 e. The molecule has 1 aromatic carbocycles. The van der Waals surface area contributed by atoms with E-state index in [0.717, 1.165) is 58.0 Å². The lowest BCUT2D eigenvalue weighted by atomic mass is 9.97. The molecule has 2 aliphatic heterocycles. The van der Waals surface area contributed by atoms with Crippen molar-refractivity contribution >= 4 is 0 Å². The van der Waals surface area contributed by atoms with Crippen LogP contribution < -0.4 is 4.74 Å². The summed E-state index contributed by atoms with van der Waals surface area (Å²) in [5.74, 6) is 0.954. The molecule has 140 valence electrons. The first-order valence-electron chi connectivity index (χ1n) is 9.45. The third-order valence-corrected chi connectivity index (χ3v) is 5.88. The van der Waals surface area contributed by atoms with Crippen LogP contribution in [0.15, 0.2) is 12.1 Å². The van der Waals surface area contributed by atoms with Gasteiger partial charge in [0, 0.05) is 51.9 Å². The first-order chi connectivity index (χ1) is 12.0. The van der Waals surface area contributed by atoms with E-state index in [1.807, 2.05) is 0 Å². The molecule has 1 aromatic rings. The third kappa shape index (κ3) is 4.34. The SMILES string of the molecule is COc1cc(C)c(CN2CC[C@@H](N3CCN(C)CC3)[C@H](O)C2)cc1C. The average molecular weight is 348 g/mol. The number of benzene rings is 1. The van der Waals surface area contributed by atoms with Crippen LogP contribution in [0.5, 0.6) is 5.75 Å². The highest BCUT2D eigenvalue weighted by molar-refractivity contribution is 5.41. The van der Waals surface area contributed by atoms with Crippen molar-refractivity contribution in [2.45, 2.75) is 39.0 Å². The molecule has 5 nitrogen and oxygen atoms in total. The van der Waals surface area contributed by atoms with E-state index in [1.54, 1.807) is 7.11 Å². The Morgan fingerprint density at radius 1 is 1.08 bits per heavy atom. The molecule has 0 radical (unpaired) electrons. The maximum atomic E-state index is 10.7. The molecular formula is C20H33N3O2. The monoisotopic (exact) mass is 347 g/mol. The van der Waals surface area contributed by atoms with Crippen molar-refractivity contribution in [2.24, 2.45) is 0 Å². The molecule has 0 unspecified atom stereocenters. The van der Waals surface area contributed by atoms with Crippen molar-refractivity contribution in [3.05, 3.63) is 28.8 Å². The summed E-state index contributed by atoms with van der Waals surface area (Å²) in [6.07, 6.45) is 0.802. The number of hydrogen-bond donors (Lipinski definition) is 1. The van der Waals surface area contributed by atoms with Crippen molar-refractivity contribution in [2.75, 3.05) is 53.4 Å². The summed E-state index contributed by atoms with van der Waals surface area (Å²) < 4.78 is 5.41. The Morgan fingerprint density at radius 3 is 2.44 bits per heavy atom. The summed E-state index contributed by atoms with van der Waals surface area (Å²) in [6, 6.07) is 4.68.